The molecule has 0 radical (unpaired) electrons. The first-order chi connectivity index (χ1) is 17.1. The summed E-state index contributed by atoms with van der Waals surface area (Å²) in [5, 5.41) is 13.4. The molecule has 1 amide bonds. The van der Waals surface area contributed by atoms with E-state index in [0.717, 1.165) is 38.8 Å². The SMILES string of the molecule is CC(C)C(=O)Nc1cncc(-c2cc3c(-c4nc5c(-c6cccs6)cccc5[nH]4)n[nH]c3cn2)c1. The number of aromatic nitrogens is 6. The third-order valence-electron chi connectivity index (χ3n) is 5.80. The molecule has 8 nitrogen and oxygen atoms in total. The minimum atomic E-state index is -0.120. The van der Waals surface area contributed by atoms with Crippen LogP contribution >= 0.6 is 11.3 Å². The zero-order valence-corrected chi connectivity index (χ0v) is 19.9. The number of pyridine rings is 2. The van der Waals surface area contributed by atoms with E-state index in [-0.39, 0.29) is 11.8 Å². The fourth-order valence-electron chi connectivity index (χ4n) is 3.97. The first kappa shape index (κ1) is 21.2. The van der Waals surface area contributed by atoms with E-state index >= 15 is 0 Å². The van der Waals surface area contributed by atoms with Gasteiger partial charge in [-0.3, -0.25) is 19.9 Å². The molecule has 0 bridgehead atoms. The number of para-hydroxylation sites is 1. The van der Waals surface area contributed by atoms with E-state index in [1.807, 2.05) is 44.2 Å². The second kappa shape index (κ2) is 8.44. The molecular weight excluding hydrogens is 458 g/mol. The van der Waals surface area contributed by atoms with Crippen LogP contribution in [0.3, 0.4) is 0 Å². The molecule has 0 aliphatic carbocycles. The van der Waals surface area contributed by atoms with Gasteiger partial charge in [0.15, 0.2) is 5.82 Å². The Kier molecular flexibility index (Phi) is 5.11. The molecule has 0 fully saturated rings. The lowest BCUT2D eigenvalue weighted by atomic mass is 10.1. The number of amides is 1. The van der Waals surface area contributed by atoms with Gasteiger partial charge in [-0.1, -0.05) is 32.0 Å². The Hall–Kier alpha value is -4.37. The first-order valence-electron chi connectivity index (χ1n) is 11.2. The third-order valence-corrected chi connectivity index (χ3v) is 6.70. The van der Waals surface area contributed by atoms with Crippen LogP contribution in [-0.4, -0.2) is 36.0 Å². The smallest absolute Gasteiger partial charge is 0.226 e. The summed E-state index contributed by atoms with van der Waals surface area (Å²) in [7, 11) is 0. The summed E-state index contributed by atoms with van der Waals surface area (Å²) in [6.45, 7) is 3.70. The molecule has 6 aromatic rings. The summed E-state index contributed by atoms with van der Waals surface area (Å²) in [6.07, 6.45) is 5.11. The van der Waals surface area contributed by atoms with Crippen LogP contribution in [0.4, 0.5) is 5.69 Å². The second-order valence-electron chi connectivity index (χ2n) is 8.56. The van der Waals surface area contributed by atoms with Crippen LogP contribution < -0.4 is 5.32 Å². The van der Waals surface area contributed by atoms with Crippen molar-refractivity contribution in [2.45, 2.75) is 13.8 Å². The number of hydrogen-bond donors (Lipinski definition) is 3. The van der Waals surface area contributed by atoms with Crippen LogP contribution in [0, 0.1) is 5.92 Å². The largest absolute Gasteiger partial charge is 0.337 e. The lowest BCUT2D eigenvalue weighted by Gasteiger charge is -2.08. The number of hydrogen-bond acceptors (Lipinski definition) is 6. The van der Waals surface area contributed by atoms with Crippen molar-refractivity contribution in [1.82, 2.24) is 30.1 Å². The van der Waals surface area contributed by atoms with Gasteiger partial charge in [-0.25, -0.2) is 4.98 Å². The Morgan fingerprint density at radius 1 is 1.06 bits per heavy atom. The minimum absolute atomic E-state index is 0.0590. The molecule has 0 saturated heterocycles. The highest BCUT2D eigenvalue weighted by Crippen LogP contribution is 2.34. The number of aromatic amines is 2. The number of rotatable bonds is 5. The fraction of sp³-hybridized carbons (Fsp3) is 0.115. The van der Waals surface area contributed by atoms with Crippen LogP contribution in [0.15, 0.2) is 66.4 Å². The number of fused-ring (bicyclic) bond motifs is 2. The number of benzene rings is 1. The fourth-order valence-corrected chi connectivity index (χ4v) is 4.72. The summed E-state index contributed by atoms with van der Waals surface area (Å²) in [5.74, 6) is 0.505. The van der Waals surface area contributed by atoms with Crippen LogP contribution in [0.2, 0.25) is 0 Å². The van der Waals surface area contributed by atoms with Crippen molar-refractivity contribution in [1.29, 1.82) is 0 Å². The normalized spacial score (nSPS) is 11.5. The maximum atomic E-state index is 12.1. The van der Waals surface area contributed by atoms with E-state index in [4.69, 9.17) is 4.98 Å². The molecule has 0 spiro atoms. The molecule has 0 unspecified atom stereocenters. The van der Waals surface area contributed by atoms with Crippen molar-refractivity contribution in [3.63, 3.8) is 0 Å². The Bertz CT molecular complexity index is 1680. The molecule has 0 aliphatic rings. The number of anilines is 1. The summed E-state index contributed by atoms with van der Waals surface area (Å²) in [5.41, 5.74) is 6.63. The van der Waals surface area contributed by atoms with Crippen molar-refractivity contribution in [3.8, 4) is 33.2 Å². The molecule has 3 N–H and O–H groups in total. The predicted octanol–water partition coefficient (Wildman–Crippen LogP) is 5.89. The number of carbonyl (C=O) groups excluding carboxylic acids is 1. The molecule has 5 aromatic heterocycles. The van der Waals surface area contributed by atoms with E-state index in [2.05, 4.69) is 48.0 Å². The molecule has 9 heteroatoms. The first-order valence-corrected chi connectivity index (χ1v) is 12.1. The Morgan fingerprint density at radius 3 is 2.80 bits per heavy atom. The summed E-state index contributed by atoms with van der Waals surface area (Å²) in [4.78, 5) is 30.5. The molecule has 0 saturated carbocycles. The summed E-state index contributed by atoms with van der Waals surface area (Å²) in [6, 6.07) is 14.1. The van der Waals surface area contributed by atoms with Crippen molar-refractivity contribution in [2.75, 3.05) is 5.32 Å². The van der Waals surface area contributed by atoms with Crippen molar-refractivity contribution >= 4 is 44.9 Å². The van der Waals surface area contributed by atoms with Crippen LogP contribution in [0.1, 0.15) is 13.8 Å². The number of H-pyrrole nitrogens is 2. The Morgan fingerprint density at radius 2 is 1.97 bits per heavy atom. The van der Waals surface area contributed by atoms with Gasteiger partial charge >= 0.3 is 0 Å². The predicted molar refractivity (Wildman–Crippen MR) is 139 cm³/mol. The van der Waals surface area contributed by atoms with Crippen molar-refractivity contribution < 1.29 is 4.79 Å². The van der Waals surface area contributed by atoms with E-state index < -0.39 is 0 Å². The third kappa shape index (κ3) is 3.85. The lowest BCUT2D eigenvalue weighted by molar-refractivity contribution is -0.118. The van der Waals surface area contributed by atoms with E-state index in [9.17, 15) is 4.79 Å². The Labute approximate surface area is 204 Å². The second-order valence-corrected chi connectivity index (χ2v) is 9.51. The highest BCUT2D eigenvalue weighted by atomic mass is 32.1. The molecule has 5 heterocycles. The van der Waals surface area contributed by atoms with Crippen molar-refractivity contribution in [3.05, 3.63) is 66.4 Å². The van der Waals surface area contributed by atoms with Gasteiger partial charge in [0.2, 0.25) is 5.91 Å². The van der Waals surface area contributed by atoms with Gasteiger partial charge in [-0.05, 0) is 29.6 Å². The monoisotopic (exact) mass is 479 g/mol. The highest BCUT2D eigenvalue weighted by molar-refractivity contribution is 7.13. The number of imidazole rings is 1. The van der Waals surface area contributed by atoms with Crippen LogP contribution in [0.5, 0.6) is 0 Å². The molecule has 6 rings (SSSR count). The standard InChI is InChI=1S/C26H21N7OS/c1-14(2)26(34)29-16-9-15(11-27-12-16)20-10-18-21(13-28-20)32-33-24(18)25-30-19-6-3-5-17(23(19)31-25)22-7-4-8-35-22/h3-14H,1-2H3,(H,29,34)(H,30,31)(H,32,33). The van der Waals surface area contributed by atoms with Gasteiger partial charge in [0, 0.05) is 33.5 Å². The quantitative estimate of drug-likeness (QED) is 0.286. The van der Waals surface area contributed by atoms with E-state index in [1.54, 1.807) is 29.9 Å². The maximum Gasteiger partial charge on any atom is 0.226 e. The minimum Gasteiger partial charge on any atom is -0.337 e. The zero-order chi connectivity index (χ0) is 23.9. The average Bonchev–Trinajstić information content (AvgIpc) is 3.62. The molecule has 0 atom stereocenters. The average molecular weight is 480 g/mol. The number of nitrogens with zero attached hydrogens (tertiary/aromatic N) is 4. The zero-order valence-electron chi connectivity index (χ0n) is 19.0. The van der Waals surface area contributed by atoms with Gasteiger partial charge in [0.1, 0.15) is 5.69 Å². The maximum absolute atomic E-state index is 12.1. The molecule has 35 heavy (non-hydrogen) atoms. The van der Waals surface area contributed by atoms with Gasteiger partial charge in [-0.15, -0.1) is 11.3 Å². The van der Waals surface area contributed by atoms with E-state index in [0.29, 0.717) is 17.2 Å². The molecule has 172 valence electrons. The van der Waals surface area contributed by atoms with Crippen LogP contribution in [0.25, 0.3) is 55.2 Å². The van der Waals surface area contributed by atoms with Crippen molar-refractivity contribution in [2.24, 2.45) is 5.92 Å². The van der Waals surface area contributed by atoms with Gasteiger partial charge < -0.3 is 10.3 Å². The summed E-state index contributed by atoms with van der Waals surface area (Å²) >= 11 is 1.69. The van der Waals surface area contributed by atoms with Crippen LogP contribution in [-0.2, 0) is 4.79 Å². The highest BCUT2D eigenvalue weighted by Gasteiger charge is 2.17. The number of thiophene rings is 1. The topological polar surface area (TPSA) is 112 Å². The number of carbonyl (C=O) groups is 1. The molecular formula is C26H21N7OS. The number of nitrogens with one attached hydrogen (secondary N) is 3. The van der Waals surface area contributed by atoms with Gasteiger partial charge in [0.05, 0.1) is 40.3 Å². The lowest BCUT2D eigenvalue weighted by Crippen LogP contribution is -2.17. The molecule has 1 aromatic carbocycles. The molecule has 0 aliphatic heterocycles. The van der Waals surface area contributed by atoms with Gasteiger partial charge in [0.25, 0.3) is 0 Å². The Balaban J connectivity index is 1.41. The summed E-state index contributed by atoms with van der Waals surface area (Å²) < 4.78 is 0. The van der Waals surface area contributed by atoms with Gasteiger partial charge in [-0.2, -0.15) is 5.10 Å². The van der Waals surface area contributed by atoms with E-state index in [1.165, 1.54) is 4.88 Å².